The lowest BCUT2D eigenvalue weighted by molar-refractivity contribution is -0.124. The first-order valence-electron chi connectivity index (χ1n) is 19.1. The molecule has 260 valence electrons. The Labute approximate surface area is 273 Å². The number of carbonyl (C=O) groups excluding carboxylic acids is 1. The van der Waals surface area contributed by atoms with E-state index in [2.05, 4.69) is 31.3 Å². The summed E-state index contributed by atoms with van der Waals surface area (Å²) in [5, 5.41) is 33.0. The van der Waals surface area contributed by atoms with Crippen LogP contribution in [0.2, 0.25) is 0 Å². The molecule has 0 aliphatic carbocycles. The van der Waals surface area contributed by atoms with Crippen molar-refractivity contribution in [1.82, 2.24) is 5.32 Å². The summed E-state index contributed by atoms with van der Waals surface area (Å²) in [4.78, 5) is 12.3. The number of allylic oxidation sites excluding steroid dienone is 3. The zero-order valence-electron chi connectivity index (χ0n) is 29.3. The zero-order chi connectivity index (χ0) is 32.4. The van der Waals surface area contributed by atoms with E-state index >= 15 is 0 Å². The number of carbonyl (C=O) groups is 1. The fraction of sp³-hybridized carbons (Fsp3) is 0.872. The maximum absolute atomic E-state index is 12.3. The number of unbranched alkanes of at least 4 members (excludes halogenated alkanes) is 23. The molecule has 0 fully saturated rings. The third-order valence-electron chi connectivity index (χ3n) is 8.73. The minimum atomic E-state index is -0.932. The molecule has 3 unspecified atom stereocenters. The Kier molecular flexibility index (Phi) is 33.8. The summed E-state index contributed by atoms with van der Waals surface area (Å²) >= 11 is 0. The summed E-state index contributed by atoms with van der Waals surface area (Å²) in [6.07, 6.45) is 40.2. The van der Waals surface area contributed by atoms with Crippen LogP contribution in [0, 0.1) is 0 Å². The first-order valence-corrected chi connectivity index (χ1v) is 19.1. The van der Waals surface area contributed by atoms with Crippen molar-refractivity contribution in [3.8, 4) is 0 Å². The van der Waals surface area contributed by atoms with Crippen molar-refractivity contribution in [2.75, 3.05) is 6.61 Å². The highest BCUT2D eigenvalue weighted by molar-refractivity contribution is 5.76. The predicted molar refractivity (Wildman–Crippen MR) is 190 cm³/mol. The molecule has 0 radical (unpaired) electrons. The fourth-order valence-corrected chi connectivity index (χ4v) is 5.75. The molecule has 0 aromatic heterocycles. The lowest BCUT2D eigenvalue weighted by atomic mass is 10.0. The number of rotatable bonds is 34. The Morgan fingerprint density at radius 1 is 0.568 bits per heavy atom. The second-order valence-corrected chi connectivity index (χ2v) is 13.2. The van der Waals surface area contributed by atoms with Crippen molar-refractivity contribution in [3.63, 3.8) is 0 Å². The molecule has 0 rings (SSSR count). The Hall–Kier alpha value is -1.17. The van der Waals surface area contributed by atoms with Crippen molar-refractivity contribution in [1.29, 1.82) is 0 Å². The number of aliphatic hydroxyl groups is 3. The van der Waals surface area contributed by atoms with Gasteiger partial charge in [-0.3, -0.25) is 4.79 Å². The fourth-order valence-electron chi connectivity index (χ4n) is 5.75. The Morgan fingerprint density at radius 3 is 1.39 bits per heavy atom. The Balaban J connectivity index is 3.73. The summed E-state index contributed by atoms with van der Waals surface area (Å²) in [7, 11) is 0. The van der Waals surface area contributed by atoms with Crippen LogP contribution < -0.4 is 5.32 Å². The van der Waals surface area contributed by atoms with Crippen LogP contribution in [0.4, 0.5) is 0 Å². The second kappa shape index (κ2) is 34.7. The van der Waals surface area contributed by atoms with Crippen LogP contribution in [0.25, 0.3) is 0 Å². The predicted octanol–water partition coefficient (Wildman–Crippen LogP) is 10.3. The average molecular weight is 622 g/mol. The standard InChI is InChI=1S/C39H75NO4/c1-3-5-7-9-11-13-15-16-17-18-19-20-21-23-25-27-29-31-33-38(43)37(35-41)40-39(44)34-36(42)32-30-28-26-24-22-14-12-10-8-6-4-2/h24,26,31,33,36-38,41-43H,3-23,25,27-30,32,34-35H2,1-2H3,(H,40,44)/b26-24-,33-31+. The van der Waals surface area contributed by atoms with Crippen LogP contribution in [-0.4, -0.2) is 46.1 Å². The van der Waals surface area contributed by atoms with Gasteiger partial charge in [-0.15, -0.1) is 0 Å². The number of hydrogen-bond donors (Lipinski definition) is 4. The van der Waals surface area contributed by atoms with E-state index in [-0.39, 0.29) is 18.9 Å². The number of hydrogen-bond acceptors (Lipinski definition) is 4. The van der Waals surface area contributed by atoms with E-state index < -0.39 is 18.2 Å². The van der Waals surface area contributed by atoms with Crippen molar-refractivity contribution in [2.24, 2.45) is 0 Å². The van der Waals surface area contributed by atoms with Gasteiger partial charge >= 0.3 is 0 Å². The van der Waals surface area contributed by atoms with Gasteiger partial charge in [0.1, 0.15) is 0 Å². The summed E-state index contributed by atoms with van der Waals surface area (Å²) in [6.45, 7) is 4.18. The molecular weight excluding hydrogens is 546 g/mol. The van der Waals surface area contributed by atoms with Gasteiger partial charge in [0.15, 0.2) is 0 Å². The molecule has 44 heavy (non-hydrogen) atoms. The molecule has 5 nitrogen and oxygen atoms in total. The molecule has 4 N–H and O–H groups in total. The zero-order valence-corrected chi connectivity index (χ0v) is 29.3. The van der Waals surface area contributed by atoms with E-state index in [1.54, 1.807) is 6.08 Å². The molecule has 0 aromatic rings. The second-order valence-electron chi connectivity index (χ2n) is 13.2. The number of nitrogens with one attached hydrogen (secondary N) is 1. The molecule has 0 heterocycles. The Morgan fingerprint density at radius 2 is 0.955 bits per heavy atom. The highest BCUT2D eigenvalue weighted by Gasteiger charge is 2.20. The van der Waals surface area contributed by atoms with Crippen LogP contribution >= 0.6 is 0 Å². The van der Waals surface area contributed by atoms with E-state index in [1.165, 1.54) is 135 Å². The number of amides is 1. The highest BCUT2D eigenvalue weighted by Crippen LogP contribution is 2.14. The van der Waals surface area contributed by atoms with E-state index in [4.69, 9.17) is 0 Å². The third-order valence-corrected chi connectivity index (χ3v) is 8.73. The van der Waals surface area contributed by atoms with Crippen LogP contribution in [0.3, 0.4) is 0 Å². The normalized spacial score (nSPS) is 14.0. The van der Waals surface area contributed by atoms with Gasteiger partial charge in [0.05, 0.1) is 31.3 Å². The molecule has 0 bridgehead atoms. The van der Waals surface area contributed by atoms with E-state index in [0.717, 1.165) is 32.1 Å². The summed E-state index contributed by atoms with van der Waals surface area (Å²) in [5.41, 5.74) is 0. The van der Waals surface area contributed by atoms with Gasteiger partial charge in [-0.05, 0) is 44.9 Å². The first kappa shape index (κ1) is 42.8. The number of aliphatic hydroxyl groups excluding tert-OH is 3. The molecule has 0 saturated carbocycles. The highest BCUT2D eigenvalue weighted by atomic mass is 16.3. The lowest BCUT2D eigenvalue weighted by Crippen LogP contribution is -2.45. The molecule has 0 aromatic carbocycles. The van der Waals surface area contributed by atoms with E-state index in [1.807, 2.05) is 6.08 Å². The van der Waals surface area contributed by atoms with Crippen molar-refractivity contribution in [3.05, 3.63) is 24.3 Å². The van der Waals surface area contributed by atoms with Gasteiger partial charge in [0, 0.05) is 0 Å². The molecule has 0 spiro atoms. The van der Waals surface area contributed by atoms with Gasteiger partial charge in [-0.25, -0.2) is 0 Å². The maximum atomic E-state index is 12.3. The summed E-state index contributed by atoms with van der Waals surface area (Å²) < 4.78 is 0. The van der Waals surface area contributed by atoms with Crippen molar-refractivity contribution in [2.45, 2.75) is 212 Å². The van der Waals surface area contributed by atoms with Gasteiger partial charge in [0.2, 0.25) is 5.91 Å². The molecule has 0 aliphatic heterocycles. The third kappa shape index (κ3) is 30.8. The van der Waals surface area contributed by atoms with Gasteiger partial charge < -0.3 is 20.6 Å². The first-order chi connectivity index (χ1) is 21.5. The minimum Gasteiger partial charge on any atom is -0.394 e. The SMILES string of the molecule is CCCCCCCC/C=C\CCCC(O)CC(=O)NC(CO)C(O)/C=C/CCCCCCCCCCCCCCCCCC. The average Bonchev–Trinajstić information content (AvgIpc) is 3.01. The van der Waals surface area contributed by atoms with Crippen molar-refractivity contribution < 1.29 is 20.1 Å². The van der Waals surface area contributed by atoms with Gasteiger partial charge in [-0.2, -0.15) is 0 Å². The summed E-state index contributed by atoms with van der Waals surface area (Å²) in [6, 6.07) is -0.748. The van der Waals surface area contributed by atoms with Crippen LogP contribution in [0.5, 0.6) is 0 Å². The monoisotopic (exact) mass is 622 g/mol. The van der Waals surface area contributed by atoms with Crippen LogP contribution in [0.1, 0.15) is 194 Å². The quantitative estimate of drug-likeness (QED) is 0.0425. The molecule has 3 atom stereocenters. The van der Waals surface area contributed by atoms with E-state index in [0.29, 0.717) is 6.42 Å². The molecule has 0 aliphatic rings. The largest absolute Gasteiger partial charge is 0.394 e. The lowest BCUT2D eigenvalue weighted by Gasteiger charge is -2.20. The van der Waals surface area contributed by atoms with E-state index in [9.17, 15) is 20.1 Å². The maximum Gasteiger partial charge on any atom is 0.222 e. The molecule has 0 saturated heterocycles. The Bertz CT molecular complexity index is 650. The van der Waals surface area contributed by atoms with Gasteiger partial charge in [-0.1, -0.05) is 167 Å². The van der Waals surface area contributed by atoms with Crippen LogP contribution in [0.15, 0.2) is 24.3 Å². The smallest absolute Gasteiger partial charge is 0.222 e. The summed E-state index contributed by atoms with van der Waals surface area (Å²) in [5.74, 6) is -0.333. The van der Waals surface area contributed by atoms with Crippen molar-refractivity contribution >= 4 is 5.91 Å². The molecule has 5 heteroatoms. The van der Waals surface area contributed by atoms with Gasteiger partial charge in [0.25, 0.3) is 0 Å². The molecule has 1 amide bonds. The minimum absolute atomic E-state index is 0.00635. The van der Waals surface area contributed by atoms with Crippen LogP contribution in [-0.2, 0) is 4.79 Å². The topological polar surface area (TPSA) is 89.8 Å². The molecular formula is C39H75NO4.